The number of aryl methyl sites for hydroxylation is 1. The van der Waals surface area contributed by atoms with Gasteiger partial charge in [0.2, 0.25) is 0 Å². The SMILES string of the molecule is Cc1nc(Cn2nc(N(C)S)c3ccccc32)cs1. The summed E-state index contributed by atoms with van der Waals surface area (Å²) in [4.78, 5) is 4.49. The molecule has 3 aromatic rings. The van der Waals surface area contributed by atoms with Crippen molar-refractivity contribution in [1.82, 2.24) is 14.8 Å². The molecule has 3 rings (SSSR count). The number of thiazole rings is 1. The molecule has 0 spiro atoms. The van der Waals surface area contributed by atoms with E-state index in [-0.39, 0.29) is 0 Å². The highest BCUT2D eigenvalue weighted by Crippen LogP contribution is 2.26. The number of rotatable bonds is 3. The number of nitrogens with zero attached hydrogens (tertiary/aromatic N) is 4. The van der Waals surface area contributed by atoms with Gasteiger partial charge in [0.25, 0.3) is 0 Å². The monoisotopic (exact) mass is 290 g/mol. The first kappa shape index (κ1) is 12.5. The molecule has 19 heavy (non-hydrogen) atoms. The Kier molecular flexibility index (Phi) is 3.20. The van der Waals surface area contributed by atoms with Gasteiger partial charge in [0.05, 0.1) is 22.8 Å². The minimum atomic E-state index is 0.687. The Morgan fingerprint density at radius 3 is 2.84 bits per heavy atom. The Labute approximate surface area is 121 Å². The van der Waals surface area contributed by atoms with E-state index in [0.717, 1.165) is 27.4 Å². The van der Waals surface area contributed by atoms with E-state index in [1.165, 1.54) is 0 Å². The van der Waals surface area contributed by atoms with E-state index in [9.17, 15) is 0 Å². The van der Waals surface area contributed by atoms with E-state index >= 15 is 0 Å². The first-order valence-electron chi connectivity index (χ1n) is 5.94. The molecule has 0 radical (unpaired) electrons. The van der Waals surface area contributed by atoms with Crippen molar-refractivity contribution >= 4 is 40.9 Å². The van der Waals surface area contributed by atoms with Crippen LogP contribution < -0.4 is 4.31 Å². The number of para-hydroxylation sites is 1. The number of aromatic nitrogens is 3. The predicted octanol–water partition coefficient (Wildman–Crippen LogP) is 3.13. The Bertz CT molecular complexity index is 714. The molecule has 0 aliphatic rings. The highest BCUT2D eigenvalue weighted by atomic mass is 32.1. The Hall–Kier alpha value is -1.53. The van der Waals surface area contributed by atoms with E-state index in [1.807, 2.05) is 30.8 Å². The van der Waals surface area contributed by atoms with Gasteiger partial charge in [-0.3, -0.25) is 4.68 Å². The fourth-order valence-corrected chi connectivity index (χ4v) is 2.86. The number of thiol groups is 1. The van der Waals surface area contributed by atoms with Crippen LogP contribution in [0.4, 0.5) is 5.82 Å². The van der Waals surface area contributed by atoms with Gasteiger partial charge in [0, 0.05) is 17.8 Å². The van der Waals surface area contributed by atoms with Crippen molar-refractivity contribution < 1.29 is 0 Å². The van der Waals surface area contributed by atoms with Crippen LogP contribution in [-0.2, 0) is 6.54 Å². The maximum absolute atomic E-state index is 4.62. The van der Waals surface area contributed by atoms with Gasteiger partial charge < -0.3 is 4.31 Å². The minimum Gasteiger partial charge on any atom is -0.304 e. The van der Waals surface area contributed by atoms with Crippen LogP contribution in [0.1, 0.15) is 10.7 Å². The smallest absolute Gasteiger partial charge is 0.168 e. The third-order valence-electron chi connectivity index (χ3n) is 2.92. The molecule has 0 fully saturated rings. The maximum Gasteiger partial charge on any atom is 0.168 e. The van der Waals surface area contributed by atoms with E-state index in [1.54, 1.807) is 15.6 Å². The molecule has 0 aliphatic heterocycles. The fourth-order valence-electron chi connectivity index (χ4n) is 2.10. The van der Waals surface area contributed by atoms with Crippen molar-refractivity contribution in [2.45, 2.75) is 13.5 Å². The second kappa shape index (κ2) is 4.86. The quantitative estimate of drug-likeness (QED) is 0.753. The summed E-state index contributed by atoms with van der Waals surface area (Å²) in [7, 11) is 1.88. The van der Waals surface area contributed by atoms with E-state index in [4.69, 9.17) is 0 Å². The lowest BCUT2D eigenvalue weighted by atomic mass is 10.2. The predicted molar refractivity (Wildman–Crippen MR) is 83.1 cm³/mol. The Morgan fingerprint density at radius 2 is 2.16 bits per heavy atom. The lowest BCUT2D eigenvalue weighted by Crippen LogP contribution is -2.05. The van der Waals surface area contributed by atoms with Gasteiger partial charge in [-0.15, -0.1) is 11.3 Å². The van der Waals surface area contributed by atoms with Crippen LogP contribution in [0.15, 0.2) is 29.6 Å². The Balaban J connectivity index is 2.08. The summed E-state index contributed by atoms with van der Waals surface area (Å²) in [6.45, 7) is 2.70. The highest BCUT2D eigenvalue weighted by Gasteiger charge is 2.12. The normalized spacial score (nSPS) is 11.1. The summed E-state index contributed by atoms with van der Waals surface area (Å²) in [5.41, 5.74) is 2.15. The minimum absolute atomic E-state index is 0.687. The molecule has 4 nitrogen and oxygen atoms in total. The molecule has 1 aromatic carbocycles. The molecule has 0 N–H and O–H groups in total. The van der Waals surface area contributed by atoms with Crippen LogP contribution in [0.2, 0.25) is 0 Å². The first-order valence-corrected chi connectivity index (χ1v) is 7.22. The standard InChI is InChI=1S/C13H14N4S2/c1-9-14-10(8-19-9)7-17-12-6-4-3-5-11(12)13(15-17)16(2)18/h3-6,8,18H,7H2,1-2H3. The van der Waals surface area contributed by atoms with Gasteiger partial charge in [-0.05, 0) is 19.1 Å². The summed E-state index contributed by atoms with van der Waals surface area (Å²) in [6.07, 6.45) is 0. The van der Waals surface area contributed by atoms with Gasteiger partial charge in [-0.2, -0.15) is 5.10 Å². The second-order valence-corrected chi connectivity index (χ2v) is 6.04. The largest absolute Gasteiger partial charge is 0.304 e. The molecular weight excluding hydrogens is 276 g/mol. The summed E-state index contributed by atoms with van der Waals surface area (Å²) in [5, 5.41) is 8.89. The average molecular weight is 290 g/mol. The topological polar surface area (TPSA) is 34.0 Å². The lowest BCUT2D eigenvalue weighted by Gasteiger charge is -2.05. The number of hydrogen-bond acceptors (Lipinski definition) is 5. The number of anilines is 1. The van der Waals surface area contributed by atoms with Crippen molar-refractivity contribution in [1.29, 1.82) is 0 Å². The van der Waals surface area contributed by atoms with Crippen LogP contribution >= 0.6 is 24.2 Å². The fraction of sp³-hybridized carbons (Fsp3) is 0.231. The zero-order valence-electron chi connectivity index (χ0n) is 10.7. The van der Waals surface area contributed by atoms with Crippen molar-refractivity contribution in [2.75, 3.05) is 11.4 Å². The summed E-state index contributed by atoms with van der Waals surface area (Å²) >= 11 is 6.02. The summed E-state index contributed by atoms with van der Waals surface area (Å²) < 4.78 is 3.72. The van der Waals surface area contributed by atoms with Gasteiger partial charge in [-0.1, -0.05) is 24.9 Å². The van der Waals surface area contributed by atoms with Gasteiger partial charge in [0.1, 0.15) is 0 Å². The highest BCUT2D eigenvalue weighted by molar-refractivity contribution is 7.81. The Morgan fingerprint density at radius 1 is 1.37 bits per heavy atom. The zero-order chi connectivity index (χ0) is 13.4. The molecule has 0 aliphatic carbocycles. The van der Waals surface area contributed by atoms with Crippen molar-refractivity contribution in [2.24, 2.45) is 0 Å². The van der Waals surface area contributed by atoms with E-state index in [2.05, 4.69) is 40.4 Å². The average Bonchev–Trinajstić information content (AvgIpc) is 2.95. The third-order valence-corrected chi connectivity index (χ3v) is 3.94. The van der Waals surface area contributed by atoms with Crippen LogP contribution in [0, 0.1) is 6.92 Å². The molecule has 0 unspecified atom stereocenters. The second-order valence-electron chi connectivity index (χ2n) is 4.38. The zero-order valence-corrected chi connectivity index (χ0v) is 12.4. The lowest BCUT2D eigenvalue weighted by molar-refractivity contribution is 0.699. The van der Waals surface area contributed by atoms with Gasteiger partial charge in [0.15, 0.2) is 5.82 Å². The molecule has 6 heteroatoms. The van der Waals surface area contributed by atoms with Crippen molar-refractivity contribution in [3.05, 3.63) is 40.3 Å². The van der Waals surface area contributed by atoms with Crippen molar-refractivity contribution in [3.63, 3.8) is 0 Å². The summed E-state index contributed by atoms with van der Waals surface area (Å²) in [6, 6.07) is 8.17. The molecule has 2 heterocycles. The number of benzene rings is 1. The van der Waals surface area contributed by atoms with Crippen LogP contribution in [0.3, 0.4) is 0 Å². The maximum atomic E-state index is 4.62. The number of fused-ring (bicyclic) bond motifs is 1. The molecule has 0 bridgehead atoms. The first-order chi connectivity index (χ1) is 9.15. The van der Waals surface area contributed by atoms with Crippen LogP contribution in [0.5, 0.6) is 0 Å². The van der Waals surface area contributed by atoms with Crippen LogP contribution in [0.25, 0.3) is 10.9 Å². The number of hydrogen-bond donors (Lipinski definition) is 1. The summed E-state index contributed by atoms with van der Waals surface area (Å²) in [5.74, 6) is 0.867. The molecule has 0 atom stereocenters. The van der Waals surface area contributed by atoms with Gasteiger partial charge in [-0.25, -0.2) is 4.98 Å². The van der Waals surface area contributed by atoms with Gasteiger partial charge >= 0.3 is 0 Å². The third kappa shape index (κ3) is 2.33. The molecule has 98 valence electrons. The van der Waals surface area contributed by atoms with E-state index in [0.29, 0.717) is 6.54 Å². The van der Waals surface area contributed by atoms with Crippen molar-refractivity contribution in [3.8, 4) is 0 Å². The molecule has 0 saturated heterocycles. The molecule has 0 saturated carbocycles. The molecule has 0 amide bonds. The molecular formula is C13H14N4S2. The molecule has 2 aromatic heterocycles. The van der Waals surface area contributed by atoms with Crippen LogP contribution in [-0.4, -0.2) is 21.8 Å². The van der Waals surface area contributed by atoms with E-state index < -0.39 is 0 Å².